The largest absolute Gasteiger partial charge is 0.379 e. The molecule has 0 heterocycles. The fraction of sp³-hybridized carbons (Fsp3) is 0.800. The van der Waals surface area contributed by atoms with Crippen molar-refractivity contribution < 1.29 is 57.2 Å². The zero-order valence-corrected chi connectivity index (χ0v) is 27.4. The molecule has 4 N–H and O–H groups in total. The number of nitrogens with two attached hydrogens (primary N) is 2. The first-order valence-electron chi connectivity index (χ1n) is 15.6. The Kier molecular flexibility index (Phi) is 37.4. The van der Waals surface area contributed by atoms with Crippen molar-refractivity contribution in [2.45, 2.75) is 37.9 Å². The van der Waals surface area contributed by atoms with E-state index in [1.165, 1.54) is 12.4 Å². The molecule has 0 aliphatic heterocycles. The minimum Gasteiger partial charge on any atom is -0.379 e. The Bertz CT molecular complexity index is 694. The smallest absolute Gasteiger partial charge is 0.104 e. The third-order valence-electron chi connectivity index (χ3n) is 5.48. The van der Waals surface area contributed by atoms with E-state index in [9.17, 15) is 0 Å². The van der Waals surface area contributed by atoms with Gasteiger partial charge in [0.05, 0.1) is 119 Å². The van der Waals surface area contributed by atoms with Gasteiger partial charge in [-0.05, 0) is 12.8 Å². The van der Waals surface area contributed by atoms with E-state index >= 15 is 0 Å². The molecule has 0 rings (SSSR count). The Hall–Kier alpha value is -2.06. The van der Waals surface area contributed by atoms with E-state index in [1.54, 1.807) is 0 Å². The molecule has 46 heavy (non-hydrogen) atoms. The zero-order chi connectivity index (χ0) is 33.4. The molecule has 0 bridgehead atoms. The van der Waals surface area contributed by atoms with Crippen molar-refractivity contribution in [2.75, 3.05) is 119 Å². The molecule has 16 nitrogen and oxygen atoms in total. The third-order valence-corrected chi connectivity index (χ3v) is 5.48. The maximum atomic E-state index is 5.91. The highest BCUT2D eigenvalue weighted by Crippen LogP contribution is 2.00. The van der Waals surface area contributed by atoms with Crippen LogP contribution in [0.4, 0.5) is 0 Å². The van der Waals surface area contributed by atoms with E-state index in [2.05, 4.69) is 33.3 Å². The molecule has 0 aliphatic rings. The van der Waals surface area contributed by atoms with Crippen molar-refractivity contribution in [1.29, 1.82) is 0 Å². The number of nitrogens with zero attached hydrogens (tertiary/aromatic N) is 2. The Labute approximate surface area is 274 Å². The van der Waals surface area contributed by atoms with Crippen molar-refractivity contribution in [3.8, 4) is 0 Å². The van der Waals surface area contributed by atoms with E-state index in [4.69, 9.17) is 59.2 Å². The highest BCUT2D eigenvalue weighted by Gasteiger charge is 2.12. The topological polar surface area (TPSA) is 188 Å². The molecule has 0 aromatic heterocycles. The van der Waals surface area contributed by atoms with Gasteiger partial charge < -0.3 is 57.2 Å². The van der Waals surface area contributed by atoms with Gasteiger partial charge in [-0.25, -0.2) is 0 Å². The molecule has 0 aromatic rings. The molecule has 2 atom stereocenters. The van der Waals surface area contributed by atoms with Crippen LogP contribution in [-0.4, -0.2) is 144 Å². The molecule has 0 saturated heterocycles. The summed E-state index contributed by atoms with van der Waals surface area (Å²) in [4.78, 5) is 8.24. The molecule has 270 valence electrons. The van der Waals surface area contributed by atoms with Gasteiger partial charge in [-0.3, -0.25) is 0 Å². The van der Waals surface area contributed by atoms with E-state index in [1.807, 2.05) is 12.2 Å². The predicted octanol–water partition coefficient (Wildman–Crippen LogP) is 1.57. The third kappa shape index (κ3) is 34.8. The van der Waals surface area contributed by atoms with Gasteiger partial charge in [-0.1, -0.05) is 22.5 Å². The first-order chi connectivity index (χ1) is 22.8. The Morgan fingerprint density at radius 1 is 0.413 bits per heavy atom. The molecule has 16 heteroatoms. The molecular weight excluding hydrogens is 608 g/mol. The highest BCUT2D eigenvalue weighted by molar-refractivity contribution is 5.56. The van der Waals surface area contributed by atoms with Crippen LogP contribution in [0.25, 0.3) is 0 Å². The average molecular weight is 667 g/mol. The van der Waals surface area contributed by atoms with Crippen LogP contribution < -0.4 is 11.8 Å². The summed E-state index contributed by atoms with van der Waals surface area (Å²) in [6.45, 7) is 15.1. The van der Waals surface area contributed by atoms with Crippen LogP contribution in [0.3, 0.4) is 0 Å². The summed E-state index contributed by atoms with van der Waals surface area (Å²) in [5, 5.41) is 6.89. The summed E-state index contributed by atoms with van der Waals surface area (Å²) < 4.78 is 56.9. The number of rotatable bonds is 39. The standard InChI is InChI=1S/C30H58N4O12/c1-3-5-11-35-15-17-39-25-29(43-23-21-36-12-6-4-2)27-41-19-20-42-28-30(44-24-22-38-14-8-10-34-46-32)26-40-18-16-37-13-7-9-33-45-31/h3-4,9-10,29-30H,1-2,5-8,11-28,31-32H2/b33-9-,34-10-. The fourth-order valence-electron chi connectivity index (χ4n) is 3.25. The van der Waals surface area contributed by atoms with Gasteiger partial charge in [0, 0.05) is 25.3 Å². The quantitative estimate of drug-likeness (QED) is 0.0416. The lowest BCUT2D eigenvalue weighted by Crippen LogP contribution is -2.30. The van der Waals surface area contributed by atoms with Crippen LogP contribution in [0.2, 0.25) is 0 Å². The normalized spacial score (nSPS) is 13.0. The molecular formula is C30H58N4O12. The van der Waals surface area contributed by atoms with Crippen molar-refractivity contribution in [3.05, 3.63) is 25.3 Å². The predicted molar refractivity (Wildman–Crippen MR) is 172 cm³/mol. The zero-order valence-electron chi connectivity index (χ0n) is 27.4. The van der Waals surface area contributed by atoms with Gasteiger partial charge in [-0.2, -0.15) is 0 Å². The molecule has 0 amide bonds. The molecule has 0 radical (unpaired) electrons. The summed E-state index contributed by atoms with van der Waals surface area (Å²) in [7, 11) is 0. The van der Waals surface area contributed by atoms with Gasteiger partial charge >= 0.3 is 0 Å². The Morgan fingerprint density at radius 3 is 1.04 bits per heavy atom. The second kappa shape index (κ2) is 39.1. The lowest BCUT2D eigenvalue weighted by molar-refractivity contribution is -0.0956. The van der Waals surface area contributed by atoms with Crippen molar-refractivity contribution >= 4 is 12.4 Å². The minimum atomic E-state index is -0.302. The molecule has 0 fully saturated rings. The lowest BCUT2D eigenvalue weighted by Gasteiger charge is -2.20. The first-order valence-corrected chi connectivity index (χ1v) is 15.6. The minimum absolute atomic E-state index is 0.252. The molecule has 0 aliphatic carbocycles. The Balaban J connectivity index is 4.38. The van der Waals surface area contributed by atoms with E-state index < -0.39 is 0 Å². The maximum absolute atomic E-state index is 5.91. The van der Waals surface area contributed by atoms with Gasteiger partial charge in [0.25, 0.3) is 0 Å². The van der Waals surface area contributed by atoms with Gasteiger partial charge in [-0.15, -0.1) is 25.0 Å². The summed E-state index contributed by atoms with van der Waals surface area (Å²) >= 11 is 0. The summed E-state index contributed by atoms with van der Waals surface area (Å²) in [6, 6.07) is 0. The van der Waals surface area contributed by atoms with Crippen molar-refractivity contribution in [2.24, 2.45) is 22.1 Å². The number of hydrogen-bond acceptors (Lipinski definition) is 16. The van der Waals surface area contributed by atoms with Crippen LogP contribution in [0.5, 0.6) is 0 Å². The highest BCUT2D eigenvalue weighted by atomic mass is 16.7. The van der Waals surface area contributed by atoms with E-state index in [0.29, 0.717) is 132 Å². The van der Waals surface area contributed by atoms with Gasteiger partial charge in [0.1, 0.15) is 12.2 Å². The van der Waals surface area contributed by atoms with Crippen LogP contribution in [-0.2, 0) is 57.2 Å². The molecule has 0 spiro atoms. The number of hydrogen-bond donors (Lipinski definition) is 2. The fourth-order valence-corrected chi connectivity index (χ4v) is 3.25. The van der Waals surface area contributed by atoms with Gasteiger partial charge in [0.2, 0.25) is 0 Å². The van der Waals surface area contributed by atoms with E-state index in [0.717, 1.165) is 12.8 Å². The maximum Gasteiger partial charge on any atom is 0.104 e. The molecule has 0 aromatic carbocycles. The molecule has 0 saturated carbocycles. The average Bonchev–Trinajstić information content (AvgIpc) is 3.06. The van der Waals surface area contributed by atoms with E-state index in [-0.39, 0.29) is 12.2 Å². The lowest BCUT2D eigenvalue weighted by atomic mass is 10.4. The molecule has 2 unspecified atom stereocenters. The van der Waals surface area contributed by atoms with Crippen LogP contribution >= 0.6 is 0 Å². The Morgan fingerprint density at radius 2 is 0.717 bits per heavy atom. The van der Waals surface area contributed by atoms with Gasteiger partial charge in [0.15, 0.2) is 0 Å². The monoisotopic (exact) mass is 666 g/mol. The van der Waals surface area contributed by atoms with Crippen molar-refractivity contribution in [1.82, 2.24) is 0 Å². The first kappa shape index (κ1) is 43.9. The second-order valence-corrected chi connectivity index (χ2v) is 9.25. The number of oxime groups is 2. The van der Waals surface area contributed by atoms with Crippen LogP contribution in [0.1, 0.15) is 25.7 Å². The number of ether oxygens (including phenoxy) is 10. The summed E-state index contributed by atoms with van der Waals surface area (Å²) in [6.07, 6.45) is 8.90. The SMILES string of the molecule is C=CCCOCCOCC(COCCOCC(COCCOCC/C=N\ON)OCCOCC/C=N\ON)OCCOCCC=C. The van der Waals surface area contributed by atoms with Crippen LogP contribution in [0.15, 0.2) is 35.6 Å². The van der Waals surface area contributed by atoms with Crippen molar-refractivity contribution in [3.63, 3.8) is 0 Å². The summed E-state index contributed by atoms with van der Waals surface area (Å²) in [5.74, 6) is 9.65. The second-order valence-electron chi connectivity index (χ2n) is 9.25. The summed E-state index contributed by atoms with van der Waals surface area (Å²) in [5.41, 5.74) is 0. The van der Waals surface area contributed by atoms with Crippen LogP contribution in [0, 0.1) is 0 Å².